The maximum Gasteiger partial charge on any atom is 0.266 e. The lowest BCUT2D eigenvalue weighted by molar-refractivity contribution is -0.118. The highest BCUT2D eigenvalue weighted by Gasteiger charge is 2.13. The Kier molecular flexibility index (Phi) is 4.27. The average Bonchev–Trinajstić information content (AvgIpc) is 2.68. The van der Waals surface area contributed by atoms with E-state index in [0.29, 0.717) is 18.3 Å². The Balaban J connectivity index is 2.67. The molecular weight excluding hydrogens is 194 g/mol. The second-order valence-corrected chi connectivity index (χ2v) is 3.23. The summed E-state index contributed by atoms with van der Waals surface area (Å²) in [5.41, 5.74) is 0. The Morgan fingerprint density at radius 1 is 1.33 bits per heavy atom. The second kappa shape index (κ2) is 5.48. The van der Waals surface area contributed by atoms with Crippen LogP contribution in [0.15, 0.2) is 4.52 Å². The minimum absolute atomic E-state index is 0.116. The van der Waals surface area contributed by atoms with Crippen LogP contribution < -0.4 is 4.90 Å². The van der Waals surface area contributed by atoms with Gasteiger partial charge in [0.25, 0.3) is 5.95 Å². The molecule has 1 aromatic heterocycles. The Hall–Kier alpha value is -1.39. The molecule has 0 spiro atoms. The van der Waals surface area contributed by atoms with Crippen molar-refractivity contribution in [3.8, 4) is 0 Å². The Labute approximate surface area is 89.5 Å². The van der Waals surface area contributed by atoms with Crippen molar-refractivity contribution in [2.24, 2.45) is 0 Å². The van der Waals surface area contributed by atoms with Gasteiger partial charge in [0.2, 0.25) is 5.89 Å². The second-order valence-electron chi connectivity index (χ2n) is 3.23. The molecule has 0 radical (unpaired) electrons. The predicted octanol–water partition coefficient (Wildman–Crippen LogP) is 1.44. The maximum absolute atomic E-state index is 11.2. The van der Waals surface area contributed by atoms with E-state index in [-0.39, 0.29) is 12.2 Å². The van der Waals surface area contributed by atoms with E-state index in [1.54, 1.807) is 0 Å². The third kappa shape index (κ3) is 3.04. The van der Waals surface area contributed by atoms with Crippen molar-refractivity contribution in [3.63, 3.8) is 0 Å². The number of hydrogen-bond acceptors (Lipinski definition) is 5. The van der Waals surface area contributed by atoms with Gasteiger partial charge in [-0.3, -0.25) is 4.79 Å². The van der Waals surface area contributed by atoms with Gasteiger partial charge >= 0.3 is 0 Å². The van der Waals surface area contributed by atoms with Crippen LogP contribution in [-0.4, -0.2) is 29.0 Å². The normalized spacial score (nSPS) is 10.3. The van der Waals surface area contributed by atoms with Gasteiger partial charge in [0.05, 0.1) is 6.42 Å². The zero-order valence-corrected chi connectivity index (χ0v) is 9.49. The van der Waals surface area contributed by atoms with E-state index in [2.05, 4.69) is 10.1 Å². The molecular formula is C10H17N3O2. The lowest BCUT2D eigenvalue weighted by Gasteiger charge is -2.14. The number of carbonyl (C=O) groups excluding carboxylic acids is 1. The van der Waals surface area contributed by atoms with Crippen LogP contribution >= 0.6 is 0 Å². The zero-order chi connectivity index (χ0) is 11.3. The van der Waals surface area contributed by atoms with Gasteiger partial charge in [0.1, 0.15) is 5.78 Å². The first-order valence-electron chi connectivity index (χ1n) is 5.30. The van der Waals surface area contributed by atoms with Crippen LogP contribution in [0, 0.1) is 0 Å². The first-order valence-corrected chi connectivity index (χ1v) is 5.30. The van der Waals surface area contributed by atoms with E-state index in [0.717, 1.165) is 13.1 Å². The molecule has 0 amide bonds. The molecule has 1 aromatic rings. The highest BCUT2D eigenvalue weighted by Crippen LogP contribution is 2.09. The molecule has 1 rings (SSSR count). The predicted molar refractivity (Wildman–Crippen MR) is 56.9 cm³/mol. The van der Waals surface area contributed by atoms with E-state index < -0.39 is 0 Å². The first kappa shape index (κ1) is 11.7. The standard InChI is InChI=1S/C10H17N3O2/c1-4-8(14)7-9-11-10(12-15-9)13(5-2)6-3/h4-7H2,1-3H3. The summed E-state index contributed by atoms with van der Waals surface area (Å²) >= 11 is 0. The zero-order valence-electron chi connectivity index (χ0n) is 9.49. The van der Waals surface area contributed by atoms with Crippen LogP contribution in [0.25, 0.3) is 0 Å². The number of rotatable bonds is 6. The molecule has 0 aliphatic carbocycles. The summed E-state index contributed by atoms with van der Waals surface area (Å²) in [6, 6.07) is 0. The van der Waals surface area contributed by atoms with Crippen molar-refractivity contribution in [2.75, 3.05) is 18.0 Å². The molecule has 0 fully saturated rings. The SMILES string of the molecule is CCC(=O)Cc1nc(N(CC)CC)no1. The van der Waals surface area contributed by atoms with Gasteiger partial charge in [0.15, 0.2) is 0 Å². The summed E-state index contributed by atoms with van der Waals surface area (Å²) in [6.45, 7) is 7.53. The van der Waals surface area contributed by atoms with Gasteiger partial charge < -0.3 is 9.42 Å². The Bertz CT molecular complexity index is 318. The summed E-state index contributed by atoms with van der Waals surface area (Å²) in [4.78, 5) is 17.3. The van der Waals surface area contributed by atoms with Crippen LogP contribution in [0.2, 0.25) is 0 Å². The molecule has 1 heterocycles. The molecule has 0 N–H and O–H groups in total. The topological polar surface area (TPSA) is 59.2 Å². The summed E-state index contributed by atoms with van der Waals surface area (Å²) < 4.78 is 5.00. The largest absolute Gasteiger partial charge is 0.339 e. The van der Waals surface area contributed by atoms with E-state index >= 15 is 0 Å². The number of Topliss-reactive ketones (excluding diaryl/α,β-unsaturated/α-hetero) is 1. The van der Waals surface area contributed by atoms with E-state index in [9.17, 15) is 4.79 Å². The van der Waals surface area contributed by atoms with Crippen molar-refractivity contribution < 1.29 is 9.32 Å². The Morgan fingerprint density at radius 3 is 2.53 bits per heavy atom. The minimum atomic E-state index is 0.116. The summed E-state index contributed by atoms with van der Waals surface area (Å²) in [7, 11) is 0. The van der Waals surface area contributed by atoms with Gasteiger partial charge in [-0.1, -0.05) is 6.92 Å². The van der Waals surface area contributed by atoms with Crippen molar-refractivity contribution in [3.05, 3.63) is 5.89 Å². The fourth-order valence-corrected chi connectivity index (χ4v) is 1.25. The molecule has 0 saturated heterocycles. The molecule has 0 bridgehead atoms. The molecule has 84 valence electrons. The molecule has 0 unspecified atom stereocenters. The fraction of sp³-hybridized carbons (Fsp3) is 0.700. The number of nitrogens with zero attached hydrogens (tertiary/aromatic N) is 3. The molecule has 0 atom stereocenters. The van der Waals surface area contributed by atoms with Gasteiger partial charge in [-0.15, -0.1) is 0 Å². The smallest absolute Gasteiger partial charge is 0.266 e. The molecule has 0 aliphatic rings. The van der Waals surface area contributed by atoms with Crippen LogP contribution in [0.4, 0.5) is 5.95 Å². The minimum Gasteiger partial charge on any atom is -0.339 e. The monoisotopic (exact) mass is 211 g/mol. The van der Waals surface area contributed by atoms with Crippen molar-refractivity contribution in [2.45, 2.75) is 33.6 Å². The number of ketones is 1. The van der Waals surface area contributed by atoms with Crippen LogP contribution in [0.1, 0.15) is 33.1 Å². The molecule has 0 saturated carbocycles. The summed E-state index contributed by atoms with van der Waals surface area (Å²) in [5, 5.41) is 3.83. The molecule has 0 aromatic carbocycles. The van der Waals surface area contributed by atoms with Crippen LogP contribution in [-0.2, 0) is 11.2 Å². The highest BCUT2D eigenvalue weighted by molar-refractivity contribution is 5.79. The first-order chi connectivity index (χ1) is 7.21. The van der Waals surface area contributed by atoms with E-state index in [1.165, 1.54) is 0 Å². The number of hydrogen-bond donors (Lipinski definition) is 0. The van der Waals surface area contributed by atoms with E-state index in [1.807, 2.05) is 25.7 Å². The lowest BCUT2D eigenvalue weighted by Crippen LogP contribution is -2.23. The molecule has 5 nitrogen and oxygen atoms in total. The van der Waals surface area contributed by atoms with Gasteiger partial charge in [0, 0.05) is 19.5 Å². The Morgan fingerprint density at radius 2 is 2.00 bits per heavy atom. The van der Waals surface area contributed by atoms with Crippen LogP contribution in [0.3, 0.4) is 0 Å². The van der Waals surface area contributed by atoms with Gasteiger partial charge in [-0.2, -0.15) is 4.98 Å². The van der Waals surface area contributed by atoms with Crippen LogP contribution in [0.5, 0.6) is 0 Å². The molecule has 15 heavy (non-hydrogen) atoms. The van der Waals surface area contributed by atoms with Crippen molar-refractivity contribution >= 4 is 11.7 Å². The number of carbonyl (C=O) groups is 1. The number of aromatic nitrogens is 2. The third-order valence-electron chi connectivity index (χ3n) is 2.25. The van der Waals surface area contributed by atoms with Gasteiger partial charge in [-0.25, -0.2) is 0 Å². The van der Waals surface area contributed by atoms with Crippen molar-refractivity contribution in [1.82, 2.24) is 10.1 Å². The third-order valence-corrected chi connectivity index (χ3v) is 2.25. The molecule has 5 heteroatoms. The summed E-state index contributed by atoms with van der Waals surface area (Å²) in [6.07, 6.45) is 0.744. The maximum atomic E-state index is 11.2. The average molecular weight is 211 g/mol. The lowest BCUT2D eigenvalue weighted by atomic mass is 10.2. The van der Waals surface area contributed by atoms with Crippen molar-refractivity contribution in [1.29, 1.82) is 0 Å². The van der Waals surface area contributed by atoms with E-state index in [4.69, 9.17) is 4.52 Å². The molecule has 0 aliphatic heterocycles. The summed E-state index contributed by atoms with van der Waals surface area (Å²) in [5.74, 6) is 1.09. The van der Waals surface area contributed by atoms with Gasteiger partial charge in [-0.05, 0) is 19.0 Å². The quantitative estimate of drug-likeness (QED) is 0.712. The fourth-order valence-electron chi connectivity index (χ4n) is 1.25. The number of anilines is 1. The highest BCUT2D eigenvalue weighted by atomic mass is 16.5.